The molecule has 0 atom stereocenters. The normalized spacial score (nSPS) is 15.5. The minimum absolute atomic E-state index is 0.173. The zero-order valence-corrected chi connectivity index (χ0v) is 15.1. The van der Waals surface area contributed by atoms with Crippen molar-refractivity contribution >= 4 is 11.5 Å². The molecule has 24 heavy (non-hydrogen) atoms. The van der Waals surface area contributed by atoms with Gasteiger partial charge in [0, 0.05) is 28.7 Å². The van der Waals surface area contributed by atoms with E-state index in [1.165, 1.54) is 43.4 Å². The number of nitrogens with one attached hydrogen (secondary N) is 1. The summed E-state index contributed by atoms with van der Waals surface area (Å²) in [7, 11) is 0. The first kappa shape index (κ1) is 16.8. The molecule has 3 heteroatoms. The summed E-state index contributed by atoms with van der Waals surface area (Å²) in [6.07, 6.45) is 6.44. The number of ketones is 1. The third-order valence-corrected chi connectivity index (χ3v) is 5.20. The summed E-state index contributed by atoms with van der Waals surface area (Å²) in [5.41, 5.74) is 5.43. The van der Waals surface area contributed by atoms with Gasteiger partial charge in [-0.05, 0) is 57.4 Å². The maximum absolute atomic E-state index is 12.7. The summed E-state index contributed by atoms with van der Waals surface area (Å²) in [5.74, 6) is 0.173. The Labute approximate surface area is 145 Å². The van der Waals surface area contributed by atoms with Crippen molar-refractivity contribution in [2.24, 2.45) is 0 Å². The van der Waals surface area contributed by atoms with Gasteiger partial charge in [0.2, 0.25) is 0 Å². The van der Waals surface area contributed by atoms with Crippen LogP contribution in [0.5, 0.6) is 0 Å². The van der Waals surface area contributed by atoms with Gasteiger partial charge in [0.25, 0.3) is 0 Å². The molecular formula is C21H28N2O. The van der Waals surface area contributed by atoms with Gasteiger partial charge in [-0.15, -0.1) is 0 Å². The highest BCUT2D eigenvalue weighted by Gasteiger charge is 2.22. The van der Waals surface area contributed by atoms with Crippen molar-refractivity contribution < 1.29 is 4.79 Å². The number of carbonyl (C=O) groups is 1. The van der Waals surface area contributed by atoms with Crippen LogP contribution in [0.3, 0.4) is 0 Å². The molecule has 0 aliphatic heterocycles. The minimum atomic E-state index is 0.173. The number of rotatable bonds is 5. The van der Waals surface area contributed by atoms with E-state index in [9.17, 15) is 4.79 Å². The van der Waals surface area contributed by atoms with E-state index in [4.69, 9.17) is 0 Å². The van der Waals surface area contributed by atoms with E-state index >= 15 is 0 Å². The monoisotopic (exact) mass is 324 g/mol. The smallest absolute Gasteiger partial charge is 0.183 e. The van der Waals surface area contributed by atoms with Crippen LogP contribution in [0.4, 0.5) is 5.69 Å². The molecule has 0 spiro atoms. The lowest BCUT2D eigenvalue weighted by molar-refractivity contribution is 0.100. The Balaban J connectivity index is 1.73. The van der Waals surface area contributed by atoms with E-state index in [1.54, 1.807) is 0 Å². The molecule has 0 saturated heterocycles. The number of carbonyl (C=O) groups excluding carboxylic acids is 1. The van der Waals surface area contributed by atoms with Crippen LogP contribution in [0.15, 0.2) is 30.3 Å². The van der Waals surface area contributed by atoms with Crippen LogP contribution in [0.2, 0.25) is 0 Å². The molecule has 3 nitrogen and oxygen atoms in total. The molecule has 1 N–H and O–H groups in total. The number of hydrogen-bond donors (Lipinski definition) is 1. The maximum Gasteiger partial charge on any atom is 0.183 e. The van der Waals surface area contributed by atoms with E-state index in [-0.39, 0.29) is 5.78 Å². The second kappa shape index (κ2) is 7.25. The summed E-state index contributed by atoms with van der Waals surface area (Å²) in [5, 5.41) is 3.26. The van der Waals surface area contributed by atoms with Gasteiger partial charge >= 0.3 is 0 Å². The molecule has 3 rings (SSSR count). The van der Waals surface area contributed by atoms with Crippen molar-refractivity contribution in [2.45, 2.75) is 58.9 Å². The fraction of sp³-hybridized carbons (Fsp3) is 0.476. The third kappa shape index (κ3) is 3.55. The Morgan fingerprint density at radius 2 is 1.88 bits per heavy atom. The topological polar surface area (TPSA) is 34.0 Å². The first-order chi connectivity index (χ1) is 11.6. The average Bonchev–Trinajstić information content (AvgIpc) is 2.88. The average molecular weight is 324 g/mol. The van der Waals surface area contributed by atoms with Crippen LogP contribution in [-0.2, 0) is 0 Å². The molecule has 1 aliphatic rings. The molecular weight excluding hydrogens is 296 g/mol. The molecule has 2 aromatic rings. The van der Waals surface area contributed by atoms with E-state index < -0.39 is 0 Å². The van der Waals surface area contributed by atoms with Crippen molar-refractivity contribution in [3.05, 3.63) is 52.8 Å². The Bertz CT molecular complexity index is 723. The van der Waals surface area contributed by atoms with E-state index in [1.807, 2.05) is 12.1 Å². The zero-order chi connectivity index (χ0) is 17.1. The lowest BCUT2D eigenvalue weighted by Crippen LogP contribution is -2.17. The molecule has 128 valence electrons. The summed E-state index contributed by atoms with van der Waals surface area (Å²) in [6.45, 7) is 6.64. The highest BCUT2D eigenvalue weighted by molar-refractivity contribution is 6.00. The number of hydrogen-bond acceptors (Lipinski definition) is 2. The predicted octanol–water partition coefficient (Wildman–Crippen LogP) is 5.21. The van der Waals surface area contributed by atoms with Crippen molar-refractivity contribution in [1.29, 1.82) is 0 Å². The second-order valence-corrected chi connectivity index (χ2v) is 7.09. The maximum atomic E-state index is 12.7. The van der Waals surface area contributed by atoms with Crippen LogP contribution in [-0.4, -0.2) is 16.9 Å². The second-order valence-electron chi connectivity index (χ2n) is 7.09. The zero-order valence-electron chi connectivity index (χ0n) is 15.1. The summed E-state index contributed by atoms with van der Waals surface area (Å²) in [4.78, 5) is 12.7. The molecule has 1 aliphatic carbocycles. The number of benzene rings is 1. The lowest BCUT2D eigenvalue weighted by atomic mass is 9.95. The molecule has 1 heterocycles. The van der Waals surface area contributed by atoms with Gasteiger partial charge in [-0.1, -0.05) is 31.4 Å². The Morgan fingerprint density at radius 3 is 2.58 bits per heavy atom. The SMILES string of the molecule is Cc1cccc(NCC(=O)c2cc(C)n(C3CCCCC3)c2C)c1. The van der Waals surface area contributed by atoms with Gasteiger partial charge in [0.1, 0.15) is 0 Å². The van der Waals surface area contributed by atoms with Crippen LogP contribution >= 0.6 is 0 Å². The van der Waals surface area contributed by atoms with Crippen molar-refractivity contribution in [2.75, 3.05) is 11.9 Å². The molecule has 0 unspecified atom stereocenters. The summed E-state index contributed by atoms with van der Waals surface area (Å²) >= 11 is 0. The summed E-state index contributed by atoms with van der Waals surface area (Å²) < 4.78 is 2.40. The van der Waals surface area contributed by atoms with Crippen molar-refractivity contribution in [1.82, 2.24) is 4.57 Å². The van der Waals surface area contributed by atoms with Gasteiger partial charge < -0.3 is 9.88 Å². The predicted molar refractivity (Wildman–Crippen MR) is 100 cm³/mol. The fourth-order valence-electron chi connectivity index (χ4n) is 3.99. The third-order valence-electron chi connectivity index (χ3n) is 5.20. The standard InChI is InChI=1S/C21H28N2O/c1-15-8-7-9-18(12-15)22-14-21(24)20-13-16(2)23(17(20)3)19-10-5-4-6-11-19/h7-9,12-13,19,22H,4-6,10-11,14H2,1-3H3. The van der Waals surface area contributed by atoms with Gasteiger partial charge in [0.15, 0.2) is 5.78 Å². The number of aryl methyl sites for hydroxylation is 2. The van der Waals surface area contributed by atoms with Gasteiger partial charge in [0.05, 0.1) is 6.54 Å². The molecule has 0 amide bonds. The lowest BCUT2D eigenvalue weighted by Gasteiger charge is -2.26. The summed E-state index contributed by atoms with van der Waals surface area (Å²) in [6, 6.07) is 10.8. The molecule has 1 fully saturated rings. The largest absolute Gasteiger partial charge is 0.378 e. The number of anilines is 1. The highest BCUT2D eigenvalue weighted by atomic mass is 16.1. The molecule has 1 aromatic carbocycles. The first-order valence-electron chi connectivity index (χ1n) is 9.08. The molecule has 1 aromatic heterocycles. The number of Topliss-reactive ketones (excluding diaryl/α,β-unsaturated/α-hetero) is 1. The quantitative estimate of drug-likeness (QED) is 0.766. The van der Waals surface area contributed by atoms with E-state index in [0.29, 0.717) is 12.6 Å². The van der Waals surface area contributed by atoms with E-state index in [0.717, 1.165) is 16.9 Å². The highest BCUT2D eigenvalue weighted by Crippen LogP contribution is 2.32. The van der Waals surface area contributed by atoms with E-state index in [2.05, 4.69) is 48.9 Å². The number of nitrogens with zero attached hydrogens (tertiary/aromatic N) is 1. The van der Waals surface area contributed by atoms with Crippen molar-refractivity contribution in [3.8, 4) is 0 Å². The Kier molecular flexibility index (Phi) is 5.08. The van der Waals surface area contributed by atoms with Gasteiger partial charge in [-0.2, -0.15) is 0 Å². The van der Waals surface area contributed by atoms with Crippen LogP contribution in [0.1, 0.15) is 65.5 Å². The van der Waals surface area contributed by atoms with Crippen LogP contribution < -0.4 is 5.32 Å². The molecule has 1 saturated carbocycles. The van der Waals surface area contributed by atoms with Gasteiger partial charge in [-0.25, -0.2) is 0 Å². The Morgan fingerprint density at radius 1 is 1.12 bits per heavy atom. The molecule has 0 radical (unpaired) electrons. The Hall–Kier alpha value is -2.03. The van der Waals surface area contributed by atoms with Crippen LogP contribution in [0.25, 0.3) is 0 Å². The number of aromatic nitrogens is 1. The first-order valence-corrected chi connectivity index (χ1v) is 9.08. The minimum Gasteiger partial charge on any atom is -0.378 e. The van der Waals surface area contributed by atoms with Crippen LogP contribution in [0, 0.1) is 20.8 Å². The van der Waals surface area contributed by atoms with Gasteiger partial charge in [-0.3, -0.25) is 4.79 Å². The fourth-order valence-corrected chi connectivity index (χ4v) is 3.99. The molecule has 0 bridgehead atoms. The van der Waals surface area contributed by atoms with Crippen molar-refractivity contribution in [3.63, 3.8) is 0 Å².